The number of aromatic carboxylic acids is 1. The molecule has 0 aliphatic rings. The lowest BCUT2D eigenvalue weighted by atomic mass is 10.1. The number of rotatable bonds is 6. The first-order chi connectivity index (χ1) is 10.9. The third-order valence-electron chi connectivity index (χ3n) is 2.78. The van der Waals surface area contributed by atoms with Gasteiger partial charge in [0.25, 0.3) is 17.1 Å². The van der Waals surface area contributed by atoms with Crippen LogP contribution in [0.25, 0.3) is 0 Å². The summed E-state index contributed by atoms with van der Waals surface area (Å²) in [5, 5.41) is 8.71. The number of benzene rings is 2. The summed E-state index contributed by atoms with van der Waals surface area (Å²) in [6.45, 7) is -0.433. The molecule has 23 heavy (non-hydrogen) atoms. The molecule has 0 radical (unpaired) electrons. The summed E-state index contributed by atoms with van der Waals surface area (Å²) in [6, 6.07) is 7.09. The minimum Gasteiger partial charge on any atom is -0.489 e. The molecule has 1 N–H and O–H groups in total. The Morgan fingerprint density at radius 1 is 1.13 bits per heavy atom. The van der Waals surface area contributed by atoms with E-state index in [9.17, 15) is 18.5 Å². The van der Waals surface area contributed by atoms with Crippen molar-refractivity contribution in [3.05, 3.63) is 64.1 Å². The smallest absolute Gasteiger partial charge is 0.335 e. The molecule has 6 nitrogen and oxygen atoms in total. The number of nitrogens with zero attached hydrogens (tertiary/aromatic N) is 1. The highest BCUT2D eigenvalue weighted by molar-refractivity contribution is 7.73. The first kappa shape index (κ1) is 16.7. The average molecular weight is 342 g/mol. The maximum atomic E-state index is 13.7. The van der Waals surface area contributed by atoms with E-state index in [1.807, 2.05) is 0 Å². The van der Waals surface area contributed by atoms with Crippen LogP contribution in [0.1, 0.15) is 15.9 Å². The summed E-state index contributed by atoms with van der Waals surface area (Å²) in [6.07, 6.45) is 0. The molecule has 0 saturated heterocycles. The topological polar surface area (TPSA) is 75.8 Å². The number of thiol groups is 1. The molecule has 2 rings (SSSR count). The Kier molecular flexibility index (Phi) is 5.12. The molecule has 9 heteroatoms. The van der Waals surface area contributed by atoms with Gasteiger partial charge in [-0.15, -0.1) is 0 Å². The van der Waals surface area contributed by atoms with Gasteiger partial charge in [-0.1, -0.05) is 0 Å². The van der Waals surface area contributed by atoms with Crippen LogP contribution in [0.2, 0.25) is 0 Å². The summed E-state index contributed by atoms with van der Waals surface area (Å²) < 4.78 is 32.6. The number of halogens is 2. The Hall–Kier alpha value is -2.68. The van der Waals surface area contributed by atoms with Gasteiger partial charge in [-0.05, 0) is 36.4 Å². The van der Waals surface area contributed by atoms with Gasteiger partial charge in [0.05, 0.1) is 16.0 Å². The fraction of sp³-hybridized carbons (Fsp3) is 0.0714. The molecule has 0 amide bonds. The lowest BCUT2D eigenvalue weighted by molar-refractivity contribution is -0.625. The molecule has 0 aliphatic carbocycles. The zero-order valence-electron chi connectivity index (χ0n) is 11.4. The van der Waals surface area contributed by atoms with E-state index < -0.39 is 35.3 Å². The van der Waals surface area contributed by atoms with Crippen molar-refractivity contribution in [2.75, 3.05) is 0 Å². The summed E-state index contributed by atoms with van der Waals surface area (Å²) in [7, 11) is 0. The minimum absolute atomic E-state index is 0.0371. The average Bonchev–Trinajstić information content (AvgIpc) is 2.47. The van der Waals surface area contributed by atoms with Crippen LogP contribution in [0.5, 0.6) is 11.5 Å². The molecule has 0 aromatic heterocycles. The molecular formula is C14H10F2NO5S+. The second-order valence-corrected chi connectivity index (χ2v) is 4.64. The molecule has 2 aromatic carbocycles. The van der Waals surface area contributed by atoms with Crippen molar-refractivity contribution < 1.29 is 32.6 Å². The monoisotopic (exact) mass is 342 g/mol. The van der Waals surface area contributed by atoms with E-state index in [1.165, 1.54) is 24.3 Å². The number of carboxylic acid groups (broad SMARTS) is 1. The zero-order chi connectivity index (χ0) is 17.0. The summed E-state index contributed by atoms with van der Waals surface area (Å²) in [5.74, 6) is -2.98. The lowest BCUT2D eigenvalue weighted by Crippen LogP contribution is -2.06. The Labute approximate surface area is 134 Å². The van der Waals surface area contributed by atoms with Crippen molar-refractivity contribution in [3.8, 4) is 11.5 Å². The van der Waals surface area contributed by atoms with Crippen LogP contribution in [0, 0.1) is 16.5 Å². The summed E-state index contributed by atoms with van der Waals surface area (Å²) in [4.78, 5) is 25.9. The van der Waals surface area contributed by atoms with E-state index >= 15 is 0 Å². The van der Waals surface area contributed by atoms with Crippen molar-refractivity contribution in [1.82, 2.24) is 0 Å². The van der Waals surface area contributed by atoms with Gasteiger partial charge in [0.2, 0.25) is 5.75 Å². The fourth-order valence-electron chi connectivity index (χ4n) is 1.71. The van der Waals surface area contributed by atoms with Gasteiger partial charge in [-0.25, -0.2) is 13.6 Å². The predicted molar refractivity (Wildman–Crippen MR) is 77.3 cm³/mol. The number of hydrogen-bond donors (Lipinski definition) is 2. The summed E-state index contributed by atoms with van der Waals surface area (Å²) >= 11 is 3.37. The number of carbonyl (C=O) groups is 1. The summed E-state index contributed by atoms with van der Waals surface area (Å²) in [5.41, 5.74) is -0.879. The third-order valence-corrected chi connectivity index (χ3v) is 2.86. The van der Waals surface area contributed by atoms with Crippen LogP contribution in [-0.4, -0.2) is 15.4 Å². The van der Waals surface area contributed by atoms with Crippen LogP contribution in [-0.2, 0) is 6.61 Å². The number of carboxylic acids is 1. The van der Waals surface area contributed by atoms with Crippen molar-refractivity contribution >= 4 is 18.8 Å². The number of hydrogen-bond acceptors (Lipinski definition) is 4. The standard InChI is InChI=1S/C14H9F2NO5S/c15-12-5-8(14(18)19)6-13(16)11(12)7-21-9-1-3-10(4-2-9)22-17(20)23/h1-6H,7H2,(H-,18,19,20,23)/p+1. The van der Waals surface area contributed by atoms with E-state index in [0.29, 0.717) is 0 Å². The van der Waals surface area contributed by atoms with Crippen molar-refractivity contribution in [2.24, 2.45) is 0 Å². The van der Waals surface area contributed by atoms with Gasteiger partial charge in [0.15, 0.2) is 0 Å². The Morgan fingerprint density at radius 2 is 1.65 bits per heavy atom. The third kappa shape index (κ3) is 4.39. The molecule has 0 atom stereocenters. The van der Waals surface area contributed by atoms with Gasteiger partial charge in [0.1, 0.15) is 24.0 Å². The molecule has 0 fully saturated rings. The maximum absolute atomic E-state index is 13.7. The Bertz CT molecular complexity index is 728. The highest BCUT2D eigenvalue weighted by Crippen LogP contribution is 2.21. The van der Waals surface area contributed by atoms with Crippen LogP contribution >= 0.6 is 12.8 Å². The van der Waals surface area contributed by atoms with Crippen LogP contribution in [0.4, 0.5) is 8.78 Å². The van der Waals surface area contributed by atoms with Crippen molar-refractivity contribution in [3.63, 3.8) is 0 Å². The van der Waals surface area contributed by atoms with Crippen molar-refractivity contribution in [1.29, 1.82) is 0 Å². The van der Waals surface area contributed by atoms with Gasteiger partial charge < -0.3 is 9.84 Å². The molecule has 0 heterocycles. The highest BCUT2D eigenvalue weighted by Gasteiger charge is 2.15. The first-order valence-corrected chi connectivity index (χ1v) is 6.55. The van der Waals surface area contributed by atoms with E-state index in [0.717, 1.165) is 12.1 Å². The van der Waals surface area contributed by atoms with Gasteiger partial charge in [-0.2, -0.15) is 4.84 Å². The van der Waals surface area contributed by atoms with Crippen LogP contribution < -0.4 is 9.57 Å². The van der Waals surface area contributed by atoms with Gasteiger partial charge >= 0.3 is 5.97 Å². The van der Waals surface area contributed by atoms with Gasteiger partial charge in [0, 0.05) is 0 Å². The van der Waals surface area contributed by atoms with E-state index in [-0.39, 0.29) is 15.8 Å². The first-order valence-electron chi connectivity index (χ1n) is 6.15. The molecule has 0 bridgehead atoms. The minimum atomic E-state index is -1.43. The van der Waals surface area contributed by atoms with Crippen LogP contribution in [0.15, 0.2) is 36.4 Å². The SMILES string of the molecule is O=C(O)c1cc(F)c(COc2ccc(O[N+](=O)S)cc2)c(F)c1. The Balaban J connectivity index is 2.09. The Morgan fingerprint density at radius 3 is 2.13 bits per heavy atom. The molecule has 0 spiro atoms. The van der Waals surface area contributed by atoms with Gasteiger partial charge in [-0.3, -0.25) is 0 Å². The van der Waals surface area contributed by atoms with E-state index in [4.69, 9.17) is 9.84 Å². The normalized spacial score (nSPS) is 10.2. The van der Waals surface area contributed by atoms with Crippen LogP contribution in [0.3, 0.4) is 0 Å². The predicted octanol–water partition coefficient (Wildman–Crippen LogP) is 3.16. The van der Waals surface area contributed by atoms with E-state index in [1.54, 1.807) is 0 Å². The second kappa shape index (κ2) is 7.05. The largest absolute Gasteiger partial charge is 0.489 e. The molecule has 0 saturated carbocycles. The molecule has 0 aliphatic heterocycles. The fourth-order valence-corrected chi connectivity index (χ4v) is 1.80. The maximum Gasteiger partial charge on any atom is 0.335 e. The molecular weight excluding hydrogens is 332 g/mol. The molecule has 120 valence electrons. The highest BCUT2D eigenvalue weighted by atomic mass is 32.1. The van der Waals surface area contributed by atoms with Crippen molar-refractivity contribution in [2.45, 2.75) is 6.61 Å². The zero-order valence-corrected chi connectivity index (χ0v) is 12.3. The number of ether oxygens (including phenoxy) is 1. The molecule has 0 unspecified atom stereocenters. The lowest BCUT2D eigenvalue weighted by Gasteiger charge is -2.09. The van der Waals surface area contributed by atoms with E-state index in [2.05, 4.69) is 17.7 Å². The molecule has 2 aromatic rings. The quantitative estimate of drug-likeness (QED) is 0.623. The second-order valence-electron chi connectivity index (χ2n) is 4.31.